The van der Waals surface area contributed by atoms with Crippen molar-refractivity contribution in [2.24, 2.45) is 0 Å². The van der Waals surface area contributed by atoms with E-state index in [0.29, 0.717) is 0 Å². The Balaban J connectivity index is 2.38. The molecule has 0 bridgehead atoms. The molecule has 1 aromatic heterocycles. The van der Waals surface area contributed by atoms with Crippen LogP contribution in [0.25, 0.3) is 0 Å². The van der Waals surface area contributed by atoms with E-state index in [1.165, 1.54) is 0 Å². The van der Waals surface area contributed by atoms with Crippen LogP contribution in [0, 0.1) is 0 Å². The van der Waals surface area contributed by atoms with Gasteiger partial charge in [0.05, 0.1) is 4.47 Å². The molecule has 116 valence electrons. The summed E-state index contributed by atoms with van der Waals surface area (Å²) in [7, 11) is 0. The van der Waals surface area contributed by atoms with E-state index in [0.717, 1.165) is 10.8 Å². The van der Waals surface area contributed by atoms with Crippen molar-refractivity contribution in [3.8, 4) is 0 Å². The quantitative estimate of drug-likeness (QED) is 0.387. The number of aliphatic carboxylic acids is 1. The lowest BCUT2D eigenvalue weighted by molar-refractivity contribution is -0.160. The predicted molar refractivity (Wildman–Crippen MR) is 68.6 cm³/mol. The summed E-state index contributed by atoms with van der Waals surface area (Å²) in [5, 5.41) is 37.7. The molecule has 0 unspecified atom stereocenters. The van der Waals surface area contributed by atoms with Gasteiger partial charge in [0, 0.05) is 6.20 Å². The molecule has 0 aromatic carbocycles. The van der Waals surface area contributed by atoms with E-state index in [1.807, 2.05) is 4.98 Å². The third kappa shape index (κ3) is 2.78. The Hall–Kier alpha value is -1.53. The number of hydrogen-bond acceptors (Lipinski definition) is 7. The first-order valence-corrected chi connectivity index (χ1v) is 6.46. The minimum absolute atomic E-state index is 0.0328. The number of ether oxygens (including phenoxy) is 1. The van der Waals surface area contributed by atoms with Crippen LogP contribution in [0.5, 0.6) is 0 Å². The number of aromatic nitrogens is 2. The van der Waals surface area contributed by atoms with Crippen molar-refractivity contribution < 1.29 is 30.0 Å². The first-order chi connectivity index (χ1) is 9.73. The summed E-state index contributed by atoms with van der Waals surface area (Å²) in [6.07, 6.45) is -7.53. The van der Waals surface area contributed by atoms with Crippen molar-refractivity contribution in [1.29, 1.82) is 0 Å². The van der Waals surface area contributed by atoms with Gasteiger partial charge in [-0.3, -0.25) is 14.3 Å². The normalized spacial score (nSPS) is 30.3. The fourth-order valence-corrected chi connectivity index (χ4v) is 2.29. The number of aromatic amines is 1. The molecule has 5 N–H and O–H groups in total. The number of carbonyl (C=O) groups is 1. The third-order valence-corrected chi connectivity index (χ3v) is 3.60. The zero-order valence-corrected chi connectivity index (χ0v) is 11.8. The van der Waals surface area contributed by atoms with Gasteiger partial charge in [0.25, 0.3) is 5.56 Å². The Morgan fingerprint density at radius 1 is 1.38 bits per heavy atom. The average Bonchev–Trinajstić information content (AvgIpc) is 2.70. The zero-order chi connectivity index (χ0) is 15.9. The lowest BCUT2D eigenvalue weighted by Gasteiger charge is -2.18. The molecule has 0 radical (unpaired) electrons. The molecular weight excluding hydrogens is 356 g/mol. The second-order valence-electron chi connectivity index (χ2n) is 4.40. The Bertz CT molecular complexity index is 670. The first kappa shape index (κ1) is 15.9. The number of aliphatic hydroxyl groups is 3. The molecule has 2 rings (SSSR count). The molecule has 1 saturated heterocycles. The van der Waals surface area contributed by atoms with Crippen LogP contribution >= 0.6 is 15.9 Å². The Labute approximate surface area is 124 Å². The van der Waals surface area contributed by atoms with Crippen molar-refractivity contribution in [1.82, 2.24) is 9.55 Å². The lowest BCUT2D eigenvalue weighted by atomic mass is 10.1. The first-order valence-electron chi connectivity index (χ1n) is 5.67. The maximum absolute atomic E-state index is 11.7. The van der Waals surface area contributed by atoms with Crippen molar-refractivity contribution in [3.05, 3.63) is 31.5 Å². The molecule has 0 saturated carbocycles. The highest BCUT2D eigenvalue weighted by Gasteiger charge is 2.49. The van der Waals surface area contributed by atoms with Crippen molar-refractivity contribution in [2.75, 3.05) is 0 Å². The maximum Gasteiger partial charge on any atom is 0.335 e. The third-order valence-electron chi connectivity index (χ3n) is 3.04. The number of aliphatic hydroxyl groups excluding tert-OH is 3. The van der Waals surface area contributed by atoms with E-state index in [9.17, 15) is 29.7 Å². The van der Waals surface area contributed by atoms with Crippen LogP contribution in [0.4, 0.5) is 0 Å². The van der Waals surface area contributed by atoms with Gasteiger partial charge in [-0.25, -0.2) is 9.59 Å². The Kier molecular flexibility index (Phi) is 4.30. The minimum atomic E-state index is -2.08. The van der Waals surface area contributed by atoms with Gasteiger partial charge in [-0.1, -0.05) is 0 Å². The number of H-pyrrole nitrogens is 1. The fourth-order valence-electron chi connectivity index (χ4n) is 1.97. The van der Waals surface area contributed by atoms with Crippen LogP contribution in [0.3, 0.4) is 0 Å². The van der Waals surface area contributed by atoms with E-state index in [4.69, 9.17) is 9.84 Å². The van der Waals surface area contributed by atoms with Gasteiger partial charge in [-0.2, -0.15) is 0 Å². The van der Waals surface area contributed by atoms with E-state index < -0.39 is 47.9 Å². The summed E-state index contributed by atoms with van der Waals surface area (Å²) in [5.74, 6) is -1.65. The van der Waals surface area contributed by atoms with E-state index >= 15 is 0 Å². The van der Waals surface area contributed by atoms with Crippen LogP contribution in [0.2, 0.25) is 0 Å². The highest BCUT2D eigenvalue weighted by molar-refractivity contribution is 9.10. The molecule has 5 atom stereocenters. The van der Waals surface area contributed by atoms with Crippen LogP contribution < -0.4 is 11.2 Å². The topological polar surface area (TPSA) is 162 Å². The van der Waals surface area contributed by atoms with Crippen molar-refractivity contribution in [2.45, 2.75) is 30.6 Å². The highest BCUT2D eigenvalue weighted by atomic mass is 79.9. The molecule has 2 heterocycles. The second-order valence-corrected chi connectivity index (χ2v) is 5.25. The fraction of sp³-hybridized carbons (Fsp3) is 0.500. The van der Waals surface area contributed by atoms with Gasteiger partial charge < -0.3 is 25.2 Å². The van der Waals surface area contributed by atoms with Gasteiger partial charge in [0.15, 0.2) is 12.3 Å². The van der Waals surface area contributed by atoms with E-state index in [2.05, 4.69) is 15.9 Å². The molecule has 0 aliphatic carbocycles. The van der Waals surface area contributed by atoms with Crippen LogP contribution in [-0.2, 0) is 9.53 Å². The summed E-state index contributed by atoms with van der Waals surface area (Å²) in [6, 6.07) is 0. The number of nitrogens with one attached hydrogen (secondary N) is 1. The van der Waals surface area contributed by atoms with Gasteiger partial charge in [0.1, 0.15) is 18.3 Å². The van der Waals surface area contributed by atoms with Crippen molar-refractivity contribution in [3.63, 3.8) is 0 Å². The molecule has 21 heavy (non-hydrogen) atoms. The van der Waals surface area contributed by atoms with E-state index in [-0.39, 0.29) is 4.47 Å². The highest BCUT2D eigenvalue weighted by Crippen LogP contribution is 2.30. The van der Waals surface area contributed by atoms with E-state index in [1.54, 1.807) is 0 Å². The van der Waals surface area contributed by atoms with Gasteiger partial charge >= 0.3 is 11.7 Å². The second kappa shape index (κ2) is 5.69. The SMILES string of the molecule is O=C(O)[C@@H](O)[C@H]1O[C@@H](n2cc(Br)c(=O)[nH]c2=O)[C@H](O)[C@H]1O. The maximum atomic E-state index is 11.7. The summed E-state index contributed by atoms with van der Waals surface area (Å²) < 4.78 is 5.80. The molecule has 1 aliphatic heterocycles. The summed E-state index contributed by atoms with van der Waals surface area (Å²) >= 11 is 2.88. The van der Waals surface area contributed by atoms with Crippen molar-refractivity contribution >= 4 is 21.9 Å². The minimum Gasteiger partial charge on any atom is -0.479 e. The number of hydrogen-bond donors (Lipinski definition) is 5. The molecule has 10 nitrogen and oxygen atoms in total. The predicted octanol–water partition coefficient (Wildman–Crippen LogP) is -2.64. The van der Waals surface area contributed by atoms with Crippen LogP contribution in [-0.4, -0.2) is 60.4 Å². The van der Waals surface area contributed by atoms with Crippen LogP contribution in [0.15, 0.2) is 20.3 Å². The Morgan fingerprint density at radius 2 is 2.00 bits per heavy atom. The number of carboxylic acid groups (broad SMARTS) is 1. The van der Waals surface area contributed by atoms with Crippen LogP contribution in [0.1, 0.15) is 6.23 Å². The van der Waals surface area contributed by atoms with Gasteiger partial charge in [-0.15, -0.1) is 0 Å². The smallest absolute Gasteiger partial charge is 0.335 e. The monoisotopic (exact) mass is 366 g/mol. The molecule has 1 aromatic rings. The summed E-state index contributed by atoms with van der Waals surface area (Å²) in [5.41, 5.74) is -1.63. The number of nitrogens with zero attached hydrogens (tertiary/aromatic N) is 1. The molecule has 0 amide bonds. The van der Waals surface area contributed by atoms with Gasteiger partial charge in [0.2, 0.25) is 0 Å². The largest absolute Gasteiger partial charge is 0.479 e. The molecule has 0 spiro atoms. The molecular formula is C10H11BrN2O8. The van der Waals surface area contributed by atoms with Gasteiger partial charge in [-0.05, 0) is 15.9 Å². The zero-order valence-electron chi connectivity index (χ0n) is 10.2. The Morgan fingerprint density at radius 3 is 2.57 bits per heavy atom. The molecule has 11 heteroatoms. The standard InChI is InChI=1S/C10H11BrN2O8/c11-2-1-13(10(20)12-7(2)17)8-4(15)3(14)6(21-8)5(16)9(18)19/h1,3-6,8,14-16H,(H,18,19)(H,12,17,20)/t3-,4-,5+,6+,8-/m1/s1. The number of carboxylic acids is 1. The number of halogens is 1. The average molecular weight is 367 g/mol. The summed E-state index contributed by atoms with van der Waals surface area (Å²) in [4.78, 5) is 35.5. The summed E-state index contributed by atoms with van der Waals surface area (Å²) in [6.45, 7) is 0. The number of rotatable bonds is 3. The molecule has 1 fully saturated rings. The lowest BCUT2D eigenvalue weighted by Crippen LogP contribution is -2.42. The molecule has 1 aliphatic rings.